The predicted molar refractivity (Wildman–Crippen MR) is 70.0 cm³/mol. The van der Waals surface area contributed by atoms with Crippen molar-refractivity contribution in [3.63, 3.8) is 0 Å². The summed E-state index contributed by atoms with van der Waals surface area (Å²) in [6.07, 6.45) is 3.70. The summed E-state index contributed by atoms with van der Waals surface area (Å²) in [5.41, 5.74) is 0.892. The van der Waals surface area contributed by atoms with E-state index in [4.69, 9.17) is 5.11 Å². The summed E-state index contributed by atoms with van der Waals surface area (Å²) in [5, 5.41) is 8.94. The van der Waals surface area contributed by atoms with Crippen LogP contribution in [0.5, 0.6) is 0 Å². The normalized spacial score (nSPS) is 23.1. The van der Waals surface area contributed by atoms with Crippen LogP contribution >= 0.6 is 0 Å². The van der Waals surface area contributed by atoms with Crippen LogP contribution in [0.3, 0.4) is 0 Å². The molecule has 17 heavy (non-hydrogen) atoms. The van der Waals surface area contributed by atoms with Crippen LogP contribution in [0.4, 0.5) is 0 Å². The van der Waals surface area contributed by atoms with E-state index in [1.807, 2.05) is 13.0 Å². The van der Waals surface area contributed by atoms with Crippen molar-refractivity contribution in [2.24, 2.45) is 11.3 Å². The van der Waals surface area contributed by atoms with E-state index in [0.717, 1.165) is 25.6 Å². The molecule has 98 valence electrons. The standard InChI is InChI=1S/C14H25NO2/c1-5-11(13(16)17)6-8-15-9-7-12(10-15)14(2,3)4/h6,12H,5,7-10H2,1-4H3,(H,16,17). The number of carboxylic acid groups (broad SMARTS) is 1. The predicted octanol–water partition coefficient (Wildman–Crippen LogP) is 2.78. The first-order chi connectivity index (χ1) is 7.84. The van der Waals surface area contributed by atoms with Gasteiger partial charge in [-0.2, -0.15) is 0 Å². The summed E-state index contributed by atoms with van der Waals surface area (Å²) in [6, 6.07) is 0. The lowest BCUT2D eigenvalue weighted by Crippen LogP contribution is -2.26. The van der Waals surface area contributed by atoms with Crippen LogP contribution < -0.4 is 0 Å². The number of hydrogen-bond acceptors (Lipinski definition) is 2. The molecule has 0 bridgehead atoms. The van der Waals surface area contributed by atoms with Gasteiger partial charge in [0.1, 0.15) is 0 Å². The quantitative estimate of drug-likeness (QED) is 0.767. The fourth-order valence-corrected chi connectivity index (χ4v) is 2.33. The third-order valence-corrected chi connectivity index (χ3v) is 3.75. The molecule has 0 aliphatic carbocycles. The topological polar surface area (TPSA) is 40.5 Å². The third-order valence-electron chi connectivity index (χ3n) is 3.75. The highest BCUT2D eigenvalue weighted by Crippen LogP contribution is 2.33. The molecular weight excluding hydrogens is 214 g/mol. The van der Waals surface area contributed by atoms with E-state index in [1.165, 1.54) is 6.42 Å². The lowest BCUT2D eigenvalue weighted by atomic mass is 9.80. The molecule has 0 spiro atoms. The molecule has 3 heteroatoms. The van der Waals surface area contributed by atoms with Gasteiger partial charge in [0.15, 0.2) is 0 Å². The molecule has 3 nitrogen and oxygen atoms in total. The Morgan fingerprint density at radius 2 is 2.12 bits per heavy atom. The lowest BCUT2D eigenvalue weighted by Gasteiger charge is -2.26. The average molecular weight is 239 g/mol. The molecule has 0 amide bonds. The van der Waals surface area contributed by atoms with Crippen LogP contribution in [-0.4, -0.2) is 35.6 Å². The highest BCUT2D eigenvalue weighted by atomic mass is 16.4. The summed E-state index contributed by atoms with van der Waals surface area (Å²) in [6.45, 7) is 11.7. The van der Waals surface area contributed by atoms with Crippen LogP contribution in [-0.2, 0) is 4.79 Å². The van der Waals surface area contributed by atoms with Gasteiger partial charge >= 0.3 is 5.97 Å². The second-order valence-corrected chi connectivity index (χ2v) is 6.00. The van der Waals surface area contributed by atoms with Gasteiger partial charge in [0.25, 0.3) is 0 Å². The maximum absolute atomic E-state index is 10.9. The molecule has 1 unspecified atom stereocenters. The Balaban J connectivity index is 2.48. The Bertz CT molecular complexity index is 302. The van der Waals surface area contributed by atoms with Crippen molar-refractivity contribution < 1.29 is 9.90 Å². The summed E-state index contributed by atoms with van der Waals surface area (Å²) < 4.78 is 0. The molecule has 0 aromatic carbocycles. The Hall–Kier alpha value is -0.830. The van der Waals surface area contributed by atoms with Gasteiger partial charge < -0.3 is 5.11 Å². The van der Waals surface area contributed by atoms with E-state index in [9.17, 15) is 4.79 Å². The molecule has 0 saturated carbocycles. The van der Waals surface area contributed by atoms with Gasteiger partial charge in [-0.3, -0.25) is 4.90 Å². The minimum atomic E-state index is -0.779. The summed E-state index contributed by atoms with van der Waals surface area (Å²) in [7, 11) is 0. The fraction of sp³-hybridized carbons (Fsp3) is 0.786. The molecule has 1 atom stereocenters. The average Bonchev–Trinajstić information content (AvgIpc) is 2.66. The molecular formula is C14H25NO2. The number of aliphatic carboxylic acids is 1. The molecule has 0 aromatic heterocycles. The van der Waals surface area contributed by atoms with E-state index < -0.39 is 5.97 Å². The first kappa shape index (κ1) is 14.2. The highest BCUT2D eigenvalue weighted by Gasteiger charge is 2.31. The van der Waals surface area contributed by atoms with E-state index >= 15 is 0 Å². The highest BCUT2D eigenvalue weighted by molar-refractivity contribution is 5.86. The zero-order chi connectivity index (χ0) is 13.1. The van der Waals surface area contributed by atoms with Gasteiger partial charge in [0.2, 0.25) is 0 Å². The van der Waals surface area contributed by atoms with Crippen LogP contribution in [0.25, 0.3) is 0 Å². The van der Waals surface area contributed by atoms with Gasteiger partial charge in [0.05, 0.1) is 0 Å². The zero-order valence-corrected chi connectivity index (χ0v) is 11.5. The second kappa shape index (κ2) is 5.67. The van der Waals surface area contributed by atoms with Gasteiger partial charge in [-0.05, 0) is 30.7 Å². The molecule has 1 N–H and O–H groups in total. The van der Waals surface area contributed by atoms with Crippen molar-refractivity contribution >= 4 is 5.97 Å². The van der Waals surface area contributed by atoms with Crippen LogP contribution in [0.15, 0.2) is 11.6 Å². The largest absolute Gasteiger partial charge is 0.478 e. The van der Waals surface area contributed by atoms with E-state index in [0.29, 0.717) is 17.4 Å². The molecule has 1 heterocycles. The maximum Gasteiger partial charge on any atom is 0.331 e. The Morgan fingerprint density at radius 1 is 1.47 bits per heavy atom. The Kier molecular flexibility index (Phi) is 4.75. The molecule has 1 aliphatic heterocycles. The number of carboxylic acids is 1. The van der Waals surface area contributed by atoms with Gasteiger partial charge in [-0.1, -0.05) is 33.8 Å². The second-order valence-electron chi connectivity index (χ2n) is 6.00. The Morgan fingerprint density at radius 3 is 2.53 bits per heavy atom. The first-order valence-electron chi connectivity index (χ1n) is 6.49. The molecule has 1 fully saturated rings. The molecule has 1 rings (SSSR count). The van der Waals surface area contributed by atoms with Crippen molar-refractivity contribution in [2.45, 2.75) is 40.5 Å². The fourth-order valence-electron chi connectivity index (χ4n) is 2.33. The van der Waals surface area contributed by atoms with E-state index in [-0.39, 0.29) is 0 Å². The van der Waals surface area contributed by atoms with Crippen molar-refractivity contribution in [2.75, 3.05) is 19.6 Å². The SMILES string of the molecule is CCC(=CCN1CCC(C(C)(C)C)C1)C(=O)O. The van der Waals surface area contributed by atoms with Crippen molar-refractivity contribution in [3.8, 4) is 0 Å². The molecule has 0 aromatic rings. The van der Waals surface area contributed by atoms with Crippen LogP contribution in [0.2, 0.25) is 0 Å². The maximum atomic E-state index is 10.9. The van der Waals surface area contributed by atoms with Gasteiger partial charge in [-0.15, -0.1) is 0 Å². The number of rotatable bonds is 4. The minimum Gasteiger partial charge on any atom is -0.478 e. The Labute approximate surface area is 105 Å². The molecule has 0 radical (unpaired) electrons. The van der Waals surface area contributed by atoms with Crippen molar-refractivity contribution in [3.05, 3.63) is 11.6 Å². The van der Waals surface area contributed by atoms with E-state index in [2.05, 4.69) is 25.7 Å². The lowest BCUT2D eigenvalue weighted by molar-refractivity contribution is -0.132. The van der Waals surface area contributed by atoms with Gasteiger partial charge in [-0.25, -0.2) is 4.79 Å². The van der Waals surface area contributed by atoms with Crippen LogP contribution in [0, 0.1) is 11.3 Å². The van der Waals surface area contributed by atoms with Crippen LogP contribution in [0.1, 0.15) is 40.5 Å². The summed E-state index contributed by atoms with van der Waals surface area (Å²) in [5.74, 6) is -0.0510. The zero-order valence-electron chi connectivity index (χ0n) is 11.5. The first-order valence-corrected chi connectivity index (χ1v) is 6.49. The summed E-state index contributed by atoms with van der Waals surface area (Å²) in [4.78, 5) is 13.2. The van der Waals surface area contributed by atoms with Gasteiger partial charge in [0, 0.05) is 18.7 Å². The summed E-state index contributed by atoms with van der Waals surface area (Å²) >= 11 is 0. The smallest absolute Gasteiger partial charge is 0.331 e. The number of nitrogens with zero attached hydrogens (tertiary/aromatic N) is 1. The van der Waals surface area contributed by atoms with Crippen molar-refractivity contribution in [1.29, 1.82) is 0 Å². The monoisotopic (exact) mass is 239 g/mol. The molecule has 1 aliphatic rings. The minimum absolute atomic E-state index is 0.360. The third kappa shape index (κ3) is 4.15. The molecule has 1 saturated heterocycles. The van der Waals surface area contributed by atoms with E-state index in [1.54, 1.807) is 0 Å². The number of hydrogen-bond donors (Lipinski definition) is 1. The van der Waals surface area contributed by atoms with Crippen molar-refractivity contribution in [1.82, 2.24) is 4.90 Å². The number of carbonyl (C=O) groups is 1. The number of likely N-dealkylation sites (tertiary alicyclic amines) is 1.